The molecule has 11 nitrogen and oxygen atoms in total. The second-order valence-corrected chi connectivity index (χ2v) is 6.95. The molecule has 0 aromatic heterocycles. The molecule has 0 saturated heterocycles. The summed E-state index contributed by atoms with van der Waals surface area (Å²) >= 11 is 0. The van der Waals surface area contributed by atoms with Crippen LogP contribution in [0.2, 0.25) is 0 Å². The normalized spacial score (nSPS) is 13.6. The van der Waals surface area contributed by atoms with Gasteiger partial charge in [-0.25, -0.2) is 4.79 Å². The number of ether oxygens (including phenoxy) is 1. The predicted molar refractivity (Wildman–Crippen MR) is 106 cm³/mol. The lowest BCUT2D eigenvalue weighted by Gasteiger charge is -2.21. The molecular weight excluding hydrogens is 382 g/mol. The van der Waals surface area contributed by atoms with Gasteiger partial charge in [-0.1, -0.05) is 20.4 Å². The Morgan fingerprint density at radius 1 is 1.14 bits per heavy atom. The number of aldehydes is 1. The molecule has 0 aromatic rings. The summed E-state index contributed by atoms with van der Waals surface area (Å²) in [6.07, 6.45) is 0.695. The van der Waals surface area contributed by atoms with E-state index in [-0.39, 0.29) is 12.5 Å². The van der Waals surface area contributed by atoms with Crippen molar-refractivity contribution in [3.63, 3.8) is 0 Å². The summed E-state index contributed by atoms with van der Waals surface area (Å²) in [6, 6.07) is -3.00. The molecule has 0 fully saturated rings. The van der Waals surface area contributed by atoms with Gasteiger partial charge >= 0.3 is 6.09 Å². The largest absolute Gasteiger partial charge is 0.449 e. The van der Waals surface area contributed by atoms with E-state index >= 15 is 0 Å². The Hall–Kier alpha value is -2.82. The maximum atomic E-state index is 12.2. The van der Waals surface area contributed by atoms with E-state index < -0.39 is 42.6 Å². The Balaban J connectivity index is 4.49. The van der Waals surface area contributed by atoms with Crippen molar-refractivity contribution in [3.05, 3.63) is 12.4 Å². The monoisotopic (exact) mass is 415 g/mol. The Kier molecular flexibility index (Phi) is 12.8. The number of nitrogens with one attached hydrogen (secondary N) is 4. The van der Waals surface area contributed by atoms with E-state index in [0.717, 1.165) is 0 Å². The number of aliphatic hydroxyl groups is 1. The summed E-state index contributed by atoms with van der Waals surface area (Å²) in [5.41, 5.74) is 5.37. The van der Waals surface area contributed by atoms with Gasteiger partial charge in [0, 0.05) is 6.54 Å². The molecule has 0 aromatic carbocycles. The van der Waals surface area contributed by atoms with Crippen LogP contribution in [0.5, 0.6) is 0 Å². The van der Waals surface area contributed by atoms with Gasteiger partial charge in [0.15, 0.2) is 0 Å². The van der Waals surface area contributed by atoms with Crippen molar-refractivity contribution < 1.29 is 29.0 Å². The highest BCUT2D eigenvalue weighted by molar-refractivity contribution is 5.91. The Morgan fingerprint density at radius 2 is 1.79 bits per heavy atom. The molecule has 166 valence electrons. The standard InChI is InChI=1S/C18H33N5O6/c1-11(2)10-29-18(28)23-15(9-25)17(27)21-12(3)16(26)22-14(8-24)6-5-7-20-13(4)19/h8,11-12,14-15,20,25H,4-7,9-10,19H2,1-3H3,(H,21,27)(H,22,26)(H,23,28). The molecule has 0 heterocycles. The fourth-order valence-corrected chi connectivity index (χ4v) is 2.05. The van der Waals surface area contributed by atoms with Crippen LogP contribution < -0.4 is 27.0 Å². The van der Waals surface area contributed by atoms with Crippen molar-refractivity contribution in [2.45, 2.75) is 51.7 Å². The smallest absolute Gasteiger partial charge is 0.407 e. The molecule has 0 aliphatic heterocycles. The van der Waals surface area contributed by atoms with Crippen LogP contribution in [-0.4, -0.2) is 67.2 Å². The first-order valence-corrected chi connectivity index (χ1v) is 9.39. The highest BCUT2D eigenvalue weighted by Crippen LogP contribution is 1.97. The highest BCUT2D eigenvalue weighted by atomic mass is 16.5. The van der Waals surface area contributed by atoms with E-state index in [0.29, 0.717) is 31.5 Å². The first kappa shape index (κ1) is 26.2. The number of amides is 3. The lowest BCUT2D eigenvalue weighted by Crippen LogP contribution is -2.55. The molecule has 0 bridgehead atoms. The minimum Gasteiger partial charge on any atom is -0.449 e. The zero-order valence-corrected chi connectivity index (χ0v) is 17.2. The lowest BCUT2D eigenvalue weighted by molar-refractivity contribution is -0.131. The van der Waals surface area contributed by atoms with Crippen molar-refractivity contribution in [2.24, 2.45) is 11.7 Å². The van der Waals surface area contributed by atoms with Crippen LogP contribution in [0.1, 0.15) is 33.6 Å². The molecule has 0 saturated carbocycles. The number of hydrogen-bond donors (Lipinski definition) is 6. The van der Waals surface area contributed by atoms with E-state index in [9.17, 15) is 24.3 Å². The van der Waals surface area contributed by atoms with Crippen molar-refractivity contribution in [1.29, 1.82) is 0 Å². The quantitative estimate of drug-likeness (QED) is 0.150. The van der Waals surface area contributed by atoms with Gasteiger partial charge in [-0.3, -0.25) is 9.59 Å². The van der Waals surface area contributed by atoms with Crippen LogP contribution >= 0.6 is 0 Å². The van der Waals surface area contributed by atoms with Gasteiger partial charge in [0.05, 0.1) is 25.1 Å². The van der Waals surface area contributed by atoms with Crippen molar-refractivity contribution in [3.8, 4) is 0 Å². The third-order valence-corrected chi connectivity index (χ3v) is 3.63. The van der Waals surface area contributed by atoms with E-state index in [1.54, 1.807) is 0 Å². The second kappa shape index (κ2) is 14.2. The highest BCUT2D eigenvalue weighted by Gasteiger charge is 2.25. The molecule has 11 heteroatoms. The summed E-state index contributed by atoms with van der Waals surface area (Å²) in [6.45, 7) is 8.58. The third kappa shape index (κ3) is 12.3. The second-order valence-electron chi connectivity index (χ2n) is 6.95. The number of carbonyl (C=O) groups excluding carboxylic acids is 4. The Morgan fingerprint density at radius 3 is 2.31 bits per heavy atom. The fourth-order valence-electron chi connectivity index (χ4n) is 2.05. The lowest BCUT2D eigenvalue weighted by atomic mass is 10.1. The van der Waals surface area contributed by atoms with Crippen molar-refractivity contribution >= 4 is 24.2 Å². The van der Waals surface area contributed by atoms with Gasteiger partial charge in [-0.05, 0) is 25.7 Å². The van der Waals surface area contributed by atoms with E-state index in [1.165, 1.54) is 6.92 Å². The van der Waals surface area contributed by atoms with E-state index in [1.807, 2.05) is 13.8 Å². The molecule has 3 unspecified atom stereocenters. The molecule has 3 atom stereocenters. The van der Waals surface area contributed by atoms with Gasteiger partial charge in [-0.15, -0.1) is 0 Å². The van der Waals surface area contributed by atoms with Crippen LogP contribution in [0.4, 0.5) is 4.79 Å². The summed E-state index contributed by atoms with van der Waals surface area (Å²) in [4.78, 5) is 47.1. The van der Waals surface area contributed by atoms with E-state index in [4.69, 9.17) is 10.5 Å². The van der Waals surface area contributed by atoms with Gasteiger partial charge in [0.25, 0.3) is 0 Å². The minimum absolute atomic E-state index is 0.113. The molecule has 0 rings (SSSR count). The molecule has 0 spiro atoms. The minimum atomic E-state index is -1.28. The maximum absolute atomic E-state index is 12.2. The van der Waals surface area contributed by atoms with Crippen molar-refractivity contribution in [2.75, 3.05) is 19.8 Å². The molecule has 0 aliphatic rings. The van der Waals surface area contributed by atoms with Crippen LogP contribution in [0.15, 0.2) is 12.4 Å². The van der Waals surface area contributed by atoms with Crippen LogP contribution in [0.25, 0.3) is 0 Å². The van der Waals surface area contributed by atoms with Crippen LogP contribution in [-0.2, 0) is 19.1 Å². The summed E-state index contributed by atoms with van der Waals surface area (Å²) in [5.74, 6) is -0.912. The predicted octanol–water partition coefficient (Wildman–Crippen LogP) is -1.28. The van der Waals surface area contributed by atoms with Gasteiger partial charge < -0.3 is 41.6 Å². The fraction of sp³-hybridized carbons (Fsp3) is 0.667. The van der Waals surface area contributed by atoms with Gasteiger partial charge in [0.1, 0.15) is 18.4 Å². The zero-order valence-electron chi connectivity index (χ0n) is 17.2. The summed E-state index contributed by atoms with van der Waals surface area (Å²) in [5, 5.41) is 19.2. The average Bonchev–Trinajstić information content (AvgIpc) is 2.65. The van der Waals surface area contributed by atoms with Crippen LogP contribution in [0, 0.1) is 5.92 Å². The Labute approximate surface area is 170 Å². The SMILES string of the molecule is C=C(N)NCCCC(C=O)NC(=O)C(C)NC(=O)C(CO)NC(=O)OCC(C)C. The molecule has 0 aliphatic carbocycles. The Bertz CT molecular complexity index is 569. The zero-order chi connectivity index (χ0) is 22.4. The van der Waals surface area contributed by atoms with Gasteiger partial charge in [0.2, 0.25) is 11.8 Å². The molecule has 29 heavy (non-hydrogen) atoms. The van der Waals surface area contributed by atoms with Crippen molar-refractivity contribution in [1.82, 2.24) is 21.3 Å². The number of aliphatic hydroxyl groups excluding tert-OH is 1. The molecular formula is C18H33N5O6. The van der Waals surface area contributed by atoms with Gasteiger partial charge in [-0.2, -0.15) is 0 Å². The van der Waals surface area contributed by atoms with E-state index in [2.05, 4.69) is 27.8 Å². The number of hydrogen-bond acceptors (Lipinski definition) is 8. The third-order valence-electron chi connectivity index (χ3n) is 3.63. The number of nitrogens with two attached hydrogens (primary N) is 1. The number of carbonyl (C=O) groups is 4. The number of alkyl carbamates (subject to hydrolysis) is 1. The maximum Gasteiger partial charge on any atom is 0.407 e. The topological polar surface area (TPSA) is 172 Å². The molecule has 3 amide bonds. The molecule has 7 N–H and O–H groups in total. The summed E-state index contributed by atoms with van der Waals surface area (Å²) < 4.78 is 4.89. The first-order chi connectivity index (χ1) is 13.6. The summed E-state index contributed by atoms with van der Waals surface area (Å²) in [7, 11) is 0. The number of rotatable bonds is 14. The first-order valence-electron chi connectivity index (χ1n) is 9.39. The average molecular weight is 415 g/mol. The van der Waals surface area contributed by atoms with Crippen LogP contribution in [0.3, 0.4) is 0 Å². The molecule has 0 radical (unpaired) electrons.